The van der Waals surface area contributed by atoms with E-state index in [2.05, 4.69) is 23.9 Å². The SMILES string of the molecule is CC1(C)CCC2(CCOC2CN=[N+]=[N-])C1. The second-order valence-electron chi connectivity index (χ2n) is 5.73. The fourth-order valence-electron chi connectivity index (χ4n) is 3.30. The van der Waals surface area contributed by atoms with Gasteiger partial charge in [-0.25, -0.2) is 0 Å². The van der Waals surface area contributed by atoms with Gasteiger partial charge in [-0.05, 0) is 42.0 Å². The van der Waals surface area contributed by atoms with Crippen molar-refractivity contribution in [3.8, 4) is 0 Å². The van der Waals surface area contributed by atoms with Crippen molar-refractivity contribution < 1.29 is 4.74 Å². The summed E-state index contributed by atoms with van der Waals surface area (Å²) >= 11 is 0. The van der Waals surface area contributed by atoms with Crippen LogP contribution in [0.5, 0.6) is 0 Å². The number of ether oxygens (including phenoxy) is 1. The maximum atomic E-state index is 8.36. The van der Waals surface area contributed by atoms with E-state index in [9.17, 15) is 0 Å². The third kappa shape index (κ3) is 1.97. The first-order valence-electron chi connectivity index (χ1n) is 5.71. The molecule has 4 heteroatoms. The van der Waals surface area contributed by atoms with Crippen LogP contribution >= 0.6 is 0 Å². The normalized spacial score (nSPS) is 38.1. The van der Waals surface area contributed by atoms with Gasteiger partial charge in [0.05, 0.1) is 12.6 Å². The molecule has 2 aliphatic rings. The molecule has 1 saturated heterocycles. The lowest BCUT2D eigenvalue weighted by Crippen LogP contribution is -2.31. The number of hydrogen-bond donors (Lipinski definition) is 0. The molecule has 0 radical (unpaired) electrons. The fourth-order valence-corrected chi connectivity index (χ4v) is 3.30. The van der Waals surface area contributed by atoms with E-state index in [0.717, 1.165) is 13.0 Å². The van der Waals surface area contributed by atoms with Crippen molar-refractivity contribution in [3.63, 3.8) is 0 Å². The molecule has 0 amide bonds. The van der Waals surface area contributed by atoms with Crippen LogP contribution in [0.15, 0.2) is 5.11 Å². The maximum absolute atomic E-state index is 8.36. The molecule has 4 nitrogen and oxygen atoms in total. The van der Waals surface area contributed by atoms with Gasteiger partial charge in [0.1, 0.15) is 0 Å². The van der Waals surface area contributed by atoms with Crippen molar-refractivity contribution in [2.75, 3.05) is 13.2 Å². The van der Waals surface area contributed by atoms with Gasteiger partial charge in [-0.2, -0.15) is 0 Å². The summed E-state index contributed by atoms with van der Waals surface area (Å²) in [5.41, 5.74) is 9.10. The average molecular weight is 209 g/mol. The lowest BCUT2D eigenvalue weighted by Gasteiger charge is -2.30. The summed E-state index contributed by atoms with van der Waals surface area (Å²) in [5.74, 6) is 0. The van der Waals surface area contributed by atoms with Crippen molar-refractivity contribution in [1.29, 1.82) is 0 Å². The molecule has 2 unspecified atom stereocenters. The van der Waals surface area contributed by atoms with E-state index in [1.165, 1.54) is 19.3 Å². The monoisotopic (exact) mass is 209 g/mol. The molecular weight excluding hydrogens is 190 g/mol. The molecule has 1 saturated carbocycles. The van der Waals surface area contributed by atoms with Crippen LogP contribution in [-0.2, 0) is 4.74 Å². The van der Waals surface area contributed by atoms with E-state index in [1.54, 1.807) is 0 Å². The summed E-state index contributed by atoms with van der Waals surface area (Å²) in [6, 6.07) is 0. The quantitative estimate of drug-likeness (QED) is 0.391. The van der Waals surface area contributed by atoms with E-state index in [0.29, 0.717) is 17.4 Å². The number of nitrogens with zero attached hydrogens (tertiary/aromatic N) is 3. The molecule has 15 heavy (non-hydrogen) atoms. The van der Waals surface area contributed by atoms with Crippen molar-refractivity contribution >= 4 is 0 Å². The molecular formula is C11H19N3O. The van der Waals surface area contributed by atoms with Gasteiger partial charge in [-0.3, -0.25) is 0 Å². The predicted octanol–water partition coefficient (Wildman–Crippen LogP) is 3.28. The Hall–Kier alpha value is -0.730. The van der Waals surface area contributed by atoms with E-state index >= 15 is 0 Å². The average Bonchev–Trinajstić information content (AvgIpc) is 2.68. The van der Waals surface area contributed by atoms with Crippen LogP contribution in [-0.4, -0.2) is 19.3 Å². The van der Waals surface area contributed by atoms with Gasteiger partial charge in [0.15, 0.2) is 0 Å². The Balaban J connectivity index is 2.10. The van der Waals surface area contributed by atoms with Crippen LogP contribution in [0.2, 0.25) is 0 Å². The van der Waals surface area contributed by atoms with Gasteiger partial charge in [0, 0.05) is 11.5 Å². The van der Waals surface area contributed by atoms with E-state index in [1.807, 2.05) is 0 Å². The Morgan fingerprint density at radius 3 is 2.80 bits per heavy atom. The largest absolute Gasteiger partial charge is 0.377 e. The lowest BCUT2D eigenvalue weighted by atomic mass is 9.76. The van der Waals surface area contributed by atoms with Crippen LogP contribution < -0.4 is 0 Å². The Morgan fingerprint density at radius 1 is 1.40 bits per heavy atom. The molecule has 0 aromatic heterocycles. The van der Waals surface area contributed by atoms with Crippen molar-refractivity contribution in [2.45, 2.75) is 45.6 Å². The minimum absolute atomic E-state index is 0.162. The van der Waals surface area contributed by atoms with Gasteiger partial charge in [-0.15, -0.1) is 0 Å². The Morgan fingerprint density at radius 2 is 2.20 bits per heavy atom. The highest BCUT2D eigenvalue weighted by Crippen LogP contribution is 2.55. The van der Waals surface area contributed by atoms with E-state index in [4.69, 9.17) is 10.3 Å². The molecule has 0 bridgehead atoms. The van der Waals surface area contributed by atoms with Crippen LogP contribution in [0, 0.1) is 10.8 Å². The third-order valence-electron chi connectivity index (χ3n) is 4.04. The zero-order chi connectivity index (χ0) is 10.9. The molecule has 0 N–H and O–H groups in total. The molecule has 84 valence electrons. The zero-order valence-electron chi connectivity index (χ0n) is 9.57. The van der Waals surface area contributed by atoms with Gasteiger partial charge < -0.3 is 4.74 Å². The molecule has 1 heterocycles. The van der Waals surface area contributed by atoms with E-state index < -0.39 is 0 Å². The molecule has 0 aromatic rings. The first-order chi connectivity index (χ1) is 7.08. The first kappa shape index (κ1) is 10.8. The third-order valence-corrected chi connectivity index (χ3v) is 4.04. The molecule has 2 atom stereocenters. The summed E-state index contributed by atoms with van der Waals surface area (Å²) in [6.45, 7) is 5.99. The second-order valence-corrected chi connectivity index (χ2v) is 5.73. The molecule has 1 aliphatic heterocycles. The predicted molar refractivity (Wildman–Crippen MR) is 58.4 cm³/mol. The fraction of sp³-hybridized carbons (Fsp3) is 1.00. The first-order valence-corrected chi connectivity index (χ1v) is 5.71. The summed E-state index contributed by atoms with van der Waals surface area (Å²) in [5, 5.41) is 3.68. The highest BCUT2D eigenvalue weighted by atomic mass is 16.5. The number of rotatable bonds is 2. The summed E-state index contributed by atoms with van der Waals surface area (Å²) in [7, 11) is 0. The minimum atomic E-state index is 0.162. The lowest BCUT2D eigenvalue weighted by molar-refractivity contribution is 0.0534. The Bertz CT molecular complexity index is 296. The van der Waals surface area contributed by atoms with Gasteiger partial charge in [-0.1, -0.05) is 19.0 Å². The van der Waals surface area contributed by atoms with Gasteiger partial charge in [0.25, 0.3) is 0 Å². The highest BCUT2D eigenvalue weighted by molar-refractivity contribution is 5.01. The molecule has 2 fully saturated rings. The van der Waals surface area contributed by atoms with Crippen LogP contribution in [0.4, 0.5) is 0 Å². The van der Waals surface area contributed by atoms with Crippen LogP contribution in [0.25, 0.3) is 10.4 Å². The standard InChI is InChI=1S/C11H19N3O/c1-10(2)3-4-11(8-10)5-6-15-9(11)7-13-14-12/h9H,3-8H2,1-2H3. The molecule has 1 spiro atoms. The smallest absolute Gasteiger partial charge is 0.0688 e. The van der Waals surface area contributed by atoms with Crippen molar-refractivity contribution in [3.05, 3.63) is 10.4 Å². The maximum Gasteiger partial charge on any atom is 0.0688 e. The second kappa shape index (κ2) is 3.69. The number of azide groups is 1. The Labute approximate surface area is 90.6 Å². The molecule has 1 aliphatic carbocycles. The zero-order valence-corrected chi connectivity index (χ0v) is 9.57. The summed E-state index contributed by atoms with van der Waals surface area (Å²) in [6.07, 6.45) is 5.01. The molecule has 2 rings (SSSR count). The number of hydrogen-bond acceptors (Lipinski definition) is 2. The molecule has 0 aromatic carbocycles. The van der Waals surface area contributed by atoms with E-state index in [-0.39, 0.29) is 6.10 Å². The van der Waals surface area contributed by atoms with Crippen molar-refractivity contribution in [2.24, 2.45) is 15.9 Å². The summed E-state index contributed by atoms with van der Waals surface area (Å²) in [4.78, 5) is 2.84. The van der Waals surface area contributed by atoms with Crippen LogP contribution in [0.1, 0.15) is 39.5 Å². The van der Waals surface area contributed by atoms with Crippen LogP contribution in [0.3, 0.4) is 0 Å². The van der Waals surface area contributed by atoms with Gasteiger partial charge in [0.2, 0.25) is 0 Å². The summed E-state index contributed by atoms with van der Waals surface area (Å²) < 4.78 is 5.72. The Kier molecular flexibility index (Phi) is 2.65. The minimum Gasteiger partial charge on any atom is -0.377 e. The van der Waals surface area contributed by atoms with Crippen molar-refractivity contribution in [1.82, 2.24) is 0 Å². The topological polar surface area (TPSA) is 58.0 Å². The van der Waals surface area contributed by atoms with Gasteiger partial charge >= 0.3 is 0 Å². The highest BCUT2D eigenvalue weighted by Gasteiger charge is 2.50.